The highest BCUT2D eigenvalue weighted by Gasteiger charge is 2.05. The Morgan fingerprint density at radius 2 is 2.22 bits per heavy atom. The van der Waals surface area contributed by atoms with Crippen LogP contribution in [0.1, 0.15) is 0 Å². The summed E-state index contributed by atoms with van der Waals surface area (Å²) >= 11 is 11.1. The average molecular weight is 337 g/mol. The van der Waals surface area contributed by atoms with Gasteiger partial charge in [0.05, 0.1) is 38.5 Å². The molecule has 1 rings (SSSR count). The van der Waals surface area contributed by atoms with E-state index in [1.165, 1.54) is 11.5 Å². The van der Waals surface area contributed by atoms with Crippen LogP contribution < -0.4 is 2.95 Å². The van der Waals surface area contributed by atoms with Gasteiger partial charge >= 0.3 is 0 Å². The minimum absolute atomic E-state index is 0.972. The van der Waals surface area contributed by atoms with Crippen LogP contribution in [-0.4, -0.2) is 4.37 Å². The van der Waals surface area contributed by atoms with Gasteiger partial charge < -0.3 is 0 Å². The van der Waals surface area contributed by atoms with Crippen LogP contribution in [0.3, 0.4) is 0 Å². The SMILES string of the molecule is Brc1sncc1N(Br)Br. The van der Waals surface area contributed by atoms with E-state index in [1.807, 2.05) is 0 Å². The molecule has 0 aliphatic rings. The van der Waals surface area contributed by atoms with E-state index in [2.05, 4.69) is 52.6 Å². The van der Waals surface area contributed by atoms with Crippen LogP contribution in [0.5, 0.6) is 0 Å². The predicted molar refractivity (Wildman–Crippen MR) is 50.1 cm³/mol. The minimum atomic E-state index is 0.972. The molecule has 0 saturated carbocycles. The molecule has 0 aromatic carbocycles. The molecule has 0 N–H and O–H groups in total. The predicted octanol–water partition coefficient (Wildman–Crippen LogP) is 3.33. The lowest BCUT2D eigenvalue weighted by Crippen LogP contribution is -1.86. The van der Waals surface area contributed by atoms with Gasteiger partial charge in [-0.25, -0.2) is 2.95 Å². The van der Waals surface area contributed by atoms with Gasteiger partial charge in [-0.15, -0.1) is 0 Å². The molecule has 0 amide bonds. The fraction of sp³-hybridized carbons (Fsp3) is 0. The van der Waals surface area contributed by atoms with Crippen molar-refractivity contribution in [2.24, 2.45) is 0 Å². The first-order valence-corrected chi connectivity index (χ1v) is 4.92. The molecule has 0 aliphatic carbocycles. The first-order valence-electron chi connectivity index (χ1n) is 1.93. The second kappa shape index (κ2) is 3.32. The smallest absolute Gasteiger partial charge is 0.116 e. The molecule has 1 aromatic heterocycles. The van der Waals surface area contributed by atoms with Crippen molar-refractivity contribution in [3.05, 3.63) is 9.98 Å². The first-order chi connectivity index (χ1) is 4.22. The summed E-state index contributed by atoms with van der Waals surface area (Å²) < 4.78 is 6.58. The number of hydrogen-bond acceptors (Lipinski definition) is 3. The number of anilines is 1. The quantitative estimate of drug-likeness (QED) is 0.731. The minimum Gasteiger partial charge on any atom is -0.239 e. The Morgan fingerprint density at radius 1 is 1.56 bits per heavy atom. The van der Waals surface area contributed by atoms with Crippen LogP contribution in [0.25, 0.3) is 0 Å². The maximum atomic E-state index is 3.94. The number of aromatic nitrogens is 1. The Morgan fingerprint density at radius 3 is 2.44 bits per heavy atom. The zero-order valence-electron chi connectivity index (χ0n) is 4.01. The molecule has 0 radical (unpaired) electrons. The van der Waals surface area contributed by atoms with E-state index in [0.29, 0.717) is 0 Å². The lowest BCUT2D eigenvalue weighted by atomic mass is 10.6. The summed E-state index contributed by atoms with van der Waals surface area (Å²) in [5.41, 5.74) is 0.972. The molecule has 0 unspecified atom stereocenters. The summed E-state index contributed by atoms with van der Waals surface area (Å²) in [6.07, 6.45) is 1.75. The molecule has 2 nitrogen and oxygen atoms in total. The van der Waals surface area contributed by atoms with Crippen LogP contribution in [0, 0.1) is 0 Å². The Kier molecular flexibility index (Phi) is 2.94. The zero-order chi connectivity index (χ0) is 6.85. The lowest BCUT2D eigenvalue weighted by Gasteiger charge is -2.00. The maximum absolute atomic E-state index is 3.94. The standard InChI is InChI=1S/C3HBr3N2S/c4-3-2(8(5)6)1-7-9-3/h1H. The largest absolute Gasteiger partial charge is 0.239 e. The summed E-state index contributed by atoms with van der Waals surface area (Å²) in [5, 5.41) is 0. The van der Waals surface area contributed by atoms with E-state index in [9.17, 15) is 0 Å². The van der Waals surface area contributed by atoms with Gasteiger partial charge in [-0.2, -0.15) is 4.37 Å². The van der Waals surface area contributed by atoms with Crippen molar-refractivity contribution in [1.82, 2.24) is 4.37 Å². The third-order valence-corrected chi connectivity index (χ3v) is 2.88. The Labute approximate surface area is 82.2 Å². The molecule has 6 heteroatoms. The van der Waals surface area contributed by atoms with Crippen molar-refractivity contribution in [3.8, 4) is 0 Å². The number of rotatable bonds is 1. The Balaban J connectivity index is 2.94. The van der Waals surface area contributed by atoms with Gasteiger partial charge in [-0.3, -0.25) is 0 Å². The Hall–Kier alpha value is 0.870. The molecule has 1 heterocycles. The average Bonchev–Trinajstić information content (AvgIpc) is 2.13. The summed E-state index contributed by atoms with van der Waals surface area (Å²) in [5.74, 6) is 0. The van der Waals surface area contributed by atoms with Crippen LogP contribution in [0.15, 0.2) is 9.98 Å². The number of halogens is 3. The van der Waals surface area contributed by atoms with Gasteiger partial charge in [0.15, 0.2) is 0 Å². The summed E-state index contributed by atoms with van der Waals surface area (Å²) in [4.78, 5) is 0. The molecule has 0 bridgehead atoms. The van der Waals surface area contributed by atoms with Crippen molar-refractivity contribution in [1.29, 1.82) is 0 Å². The van der Waals surface area contributed by atoms with Gasteiger partial charge in [0, 0.05) is 0 Å². The number of nitrogens with zero attached hydrogens (tertiary/aromatic N) is 2. The highest BCUT2D eigenvalue weighted by molar-refractivity contribution is 9.25. The molecule has 0 fully saturated rings. The van der Waals surface area contributed by atoms with Crippen molar-refractivity contribution in [3.63, 3.8) is 0 Å². The van der Waals surface area contributed by atoms with E-state index in [-0.39, 0.29) is 0 Å². The third-order valence-electron chi connectivity index (χ3n) is 0.691. The van der Waals surface area contributed by atoms with Crippen LogP contribution in [0.2, 0.25) is 0 Å². The van der Waals surface area contributed by atoms with Gasteiger partial charge in [-0.1, -0.05) is 0 Å². The van der Waals surface area contributed by atoms with Gasteiger partial charge in [0.25, 0.3) is 0 Å². The highest BCUT2D eigenvalue weighted by atomic mass is 79.9. The van der Waals surface area contributed by atoms with Crippen molar-refractivity contribution in [2.75, 3.05) is 2.95 Å². The molecule has 0 spiro atoms. The number of hydrogen-bond donors (Lipinski definition) is 0. The van der Waals surface area contributed by atoms with Gasteiger partial charge in [0.1, 0.15) is 9.47 Å². The second-order valence-electron chi connectivity index (χ2n) is 1.22. The normalized spacial score (nSPS) is 9.67. The van der Waals surface area contributed by atoms with Crippen LogP contribution in [0.4, 0.5) is 5.69 Å². The topological polar surface area (TPSA) is 16.1 Å². The highest BCUT2D eigenvalue weighted by Crippen LogP contribution is 2.33. The molecule has 0 saturated heterocycles. The Bertz CT molecular complexity index is 199. The monoisotopic (exact) mass is 334 g/mol. The molecule has 9 heavy (non-hydrogen) atoms. The van der Waals surface area contributed by atoms with Crippen molar-refractivity contribution < 1.29 is 0 Å². The lowest BCUT2D eigenvalue weighted by molar-refractivity contribution is 1.56. The second-order valence-corrected chi connectivity index (χ2v) is 5.71. The molecular weight excluding hydrogens is 336 g/mol. The van der Waals surface area contributed by atoms with E-state index in [1.54, 1.807) is 9.15 Å². The molecule has 0 aliphatic heterocycles. The summed E-state index contributed by atoms with van der Waals surface area (Å²) in [7, 11) is 0. The van der Waals surface area contributed by atoms with Crippen LogP contribution in [-0.2, 0) is 0 Å². The third kappa shape index (κ3) is 1.89. The molecular formula is C3HBr3N2S. The van der Waals surface area contributed by atoms with Crippen molar-refractivity contribution >= 4 is 65.4 Å². The zero-order valence-corrected chi connectivity index (χ0v) is 9.59. The maximum Gasteiger partial charge on any atom is 0.116 e. The van der Waals surface area contributed by atoms with Gasteiger partial charge in [0.2, 0.25) is 0 Å². The van der Waals surface area contributed by atoms with E-state index in [4.69, 9.17) is 0 Å². The van der Waals surface area contributed by atoms with Crippen LogP contribution >= 0.6 is 59.8 Å². The van der Waals surface area contributed by atoms with Gasteiger partial charge in [-0.05, 0) is 27.5 Å². The summed E-state index contributed by atoms with van der Waals surface area (Å²) in [6, 6.07) is 0. The van der Waals surface area contributed by atoms with E-state index in [0.717, 1.165) is 9.47 Å². The molecule has 50 valence electrons. The molecule has 0 atom stereocenters. The molecule has 1 aromatic rings. The van der Waals surface area contributed by atoms with Crippen molar-refractivity contribution in [2.45, 2.75) is 0 Å². The fourth-order valence-electron chi connectivity index (χ4n) is 0.330. The first kappa shape index (κ1) is 7.97. The summed E-state index contributed by atoms with van der Waals surface area (Å²) in [6.45, 7) is 0. The van der Waals surface area contributed by atoms with E-state index >= 15 is 0 Å². The fourth-order valence-corrected chi connectivity index (χ4v) is 2.59. The van der Waals surface area contributed by atoms with E-state index < -0.39 is 0 Å².